The van der Waals surface area contributed by atoms with Gasteiger partial charge in [0.05, 0.1) is 31.2 Å². The van der Waals surface area contributed by atoms with E-state index in [1.807, 2.05) is 6.92 Å². The number of likely N-dealkylation sites (tertiary alicyclic amines) is 1. The molecule has 0 aliphatic carbocycles. The van der Waals surface area contributed by atoms with Crippen LogP contribution in [0.25, 0.3) is 0 Å². The molecule has 15 nitrogen and oxygen atoms in total. The van der Waals surface area contributed by atoms with Crippen molar-refractivity contribution in [1.82, 2.24) is 20.9 Å². The Kier molecular flexibility index (Phi) is 20.2. The Morgan fingerprint density at radius 3 is 2.42 bits per heavy atom. The number of amides is 5. The van der Waals surface area contributed by atoms with Crippen LogP contribution in [0.2, 0.25) is 0 Å². The molecule has 0 bridgehead atoms. The van der Waals surface area contributed by atoms with Crippen molar-refractivity contribution >= 4 is 47.3 Å². The van der Waals surface area contributed by atoms with Crippen LogP contribution in [0.3, 0.4) is 0 Å². The molecule has 1 heterocycles. The molecule has 16 heteroatoms. The quantitative estimate of drug-likeness (QED) is 0.0442. The smallest absolute Gasteiger partial charge is 0.305 e. The maximum atomic E-state index is 12.6. The number of carbonyl (C=O) groups excluding carboxylic acids is 6. The van der Waals surface area contributed by atoms with Gasteiger partial charge in [-0.1, -0.05) is 6.92 Å². The average Bonchev–Trinajstić information content (AvgIpc) is 3.27. The predicted octanol–water partition coefficient (Wildman–Crippen LogP) is -0.904. The Labute approximate surface area is 256 Å². The summed E-state index contributed by atoms with van der Waals surface area (Å²) in [5.74, 6) is -1.49. The summed E-state index contributed by atoms with van der Waals surface area (Å²) in [4.78, 5) is 73.1. The zero-order valence-corrected chi connectivity index (χ0v) is 26.0. The Bertz CT molecular complexity index is 904. The van der Waals surface area contributed by atoms with E-state index < -0.39 is 23.6 Å². The van der Waals surface area contributed by atoms with Crippen molar-refractivity contribution in [1.29, 1.82) is 0 Å². The van der Waals surface area contributed by atoms with Gasteiger partial charge in [-0.2, -0.15) is 0 Å². The summed E-state index contributed by atoms with van der Waals surface area (Å²) in [6, 6.07) is 0. The van der Waals surface area contributed by atoms with Gasteiger partial charge < -0.3 is 40.0 Å². The minimum absolute atomic E-state index is 0.0155. The molecule has 4 N–H and O–H groups in total. The van der Waals surface area contributed by atoms with Gasteiger partial charge in [0.2, 0.25) is 29.5 Å². The van der Waals surface area contributed by atoms with Crippen molar-refractivity contribution in [2.24, 2.45) is 0 Å². The van der Waals surface area contributed by atoms with Gasteiger partial charge in [-0.3, -0.25) is 33.7 Å². The number of imide groups is 1. The summed E-state index contributed by atoms with van der Waals surface area (Å²) in [5.41, 5.74) is 0. The number of rotatable bonds is 24. The lowest BCUT2D eigenvalue weighted by Crippen LogP contribution is -2.36. The van der Waals surface area contributed by atoms with Crippen molar-refractivity contribution in [3.8, 4) is 0 Å². The van der Waals surface area contributed by atoms with Crippen molar-refractivity contribution in [3.05, 3.63) is 0 Å². The Morgan fingerprint density at radius 1 is 1.02 bits per heavy atom. The predicted molar refractivity (Wildman–Crippen MR) is 156 cm³/mol. The second-order valence-electron chi connectivity index (χ2n) is 9.48. The molecule has 1 fully saturated rings. The largest absolute Gasteiger partial charge is 0.460 e. The first-order chi connectivity index (χ1) is 20.6. The third-order valence-electron chi connectivity index (χ3n) is 6.26. The van der Waals surface area contributed by atoms with Crippen molar-refractivity contribution < 1.29 is 52.8 Å². The number of aliphatic hydroxyl groups is 1. The van der Waals surface area contributed by atoms with E-state index in [9.17, 15) is 33.9 Å². The lowest BCUT2D eigenvalue weighted by atomic mass is 10.2. The number of esters is 1. The summed E-state index contributed by atoms with van der Waals surface area (Å²) in [5, 5.41) is 16.5. The second-order valence-corrected chi connectivity index (χ2v) is 10.8. The standard InChI is InChI=1S/C27H46N4O11S/c1-4-19(17-32)42-26(39-3)18-41-25(37)7-5-6-22(34)30-11-15-43-20-16-24(36)31(27(20)38)12-8-23(35)29-10-14-40-13-9-21(33)28-2/h19-20,26,32H,4-18H2,1-3H3,(H,28,33)(H,29,35)(H,30,34). The van der Waals surface area contributed by atoms with Crippen LogP contribution in [0, 0.1) is 0 Å². The molecule has 3 unspecified atom stereocenters. The van der Waals surface area contributed by atoms with Crippen LogP contribution in [0.4, 0.5) is 0 Å². The molecule has 0 aromatic heterocycles. The van der Waals surface area contributed by atoms with E-state index in [1.165, 1.54) is 25.9 Å². The number of carbonyl (C=O) groups is 6. The summed E-state index contributed by atoms with van der Waals surface area (Å²) in [6.07, 6.45) is 0.0471. The SMILES string of the molecule is CCC(CO)OC(COC(=O)CCCC(=O)NCCSC1CC(=O)N(CCC(=O)NCCOCCC(=O)NC)C1=O)OC. The number of hydrogen-bond donors (Lipinski definition) is 4. The molecule has 0 spiro atoms. The minimum atomic E-state index is -0.792. The Hall–Kier alpha value is -2.79. The van der Waals surface area contributed by atoms with Crippen molar-refractivity contribution in [2.75, 3.05) is 66.0 Å². The van der Waals surface area contributed by atoms with Crippen LogP contribution in [-0.4, -0.2) is 129 Å². The second kappa shape index (κ2) is 22.7. The molecule has 3 atom stereocenters. The normalized spacial score (nSPS) is 16.1. The molecule has 1 aliphatic rings. The summed E-state index contributed by atoms with van der Waals surface area (Å²) < 4.78 is 20.9. The molecule has 1 aliphatic heterocycles. The van der Waals surface area contributed by atoms with Gasteiger partial charge in [0.25, 0.3) is 0 Å². The van der Waals surface area contributed by atoms with Gasteiger partial charge in [0, 0.05) is 71.6 Å². The molecular weight excluding hydrogens is 588 g/mol. The van der Waals surface area contributed by atoms with Crippen LogP contribution in [0.1, 0.15) is 51.9 Å². The van der Waals surface area contributed by atoms with Gasteiger partial charge in [-0.15, -0.1) is 11.8 Å². The Morgan fingerprint density at radius 2 is 1.74 bits per heavy atom. The van der Waals surface area contributed by atoms with E-state index in [0.717, 1.165) is 4.90 Å². The van der Waals surface area contributed by atoms with Gasteiger partial charge in [-0.25, -0.2) is 0 Å². The van der Waals surface area contributed by atoms with Crippen LogP contribution >= 0.6 is 11.8 Å². The van der Waals surface area contributed by atoms with Gasteiger partial charge in [-0.05, 0) is 12.8 Å². The topological polar surface area (TPSA) is 199 Å². The fourth-order valence-corrected chi connectivity index (χ4v) is 4.76. The first kappa shape index (κ1) is 38.2. The monoisotopic (exact) mass is 634 g/mol. The summed E-state index contributed by atoms with van der Waals surface area (Å²) >= 11 is 1.26. The maximum Gasteiger partial charge on any atom is 0.305 e. The van der Waals surface area contributed by atoms with Gasteiger partial charge in [0.15, 0.2) is 6.29 Å². The van der Waals surface area contributed by atoms with E-state index in [1.54, 1.807) is 0 Å². The molecule has 43 heavy (non-hydrogen) atoms. The molecule has 0 aromatic rings. The zero-order valence-electron chi connectivity index (χ0n) is 25.2. The molecule has 0 aromatic carbocycles. The number of methoxy groups -OCH3 is 1. The van der Waals surface area contributed by atoms with E-state index in [0.29, 0.717) is 12.2 Å². The Balaban J connectivity index is 2.16. The van der Waals surface area contributed by atoms with Crippen LogP contribution < -0.4 is 16.0 Å². The van der Waals surface area contributed by atoms with E-state index in [-0.39, 0.29) is 114 Å². The molecule has 0 radical (unpaired) electrons. The highest BCUT2D eigenvalue weighted by atomic mass is 32.2. The molecule has 246 valence electrons. The molecule has 1 rings (SSSR count). The van der Waals surface area contributed by atoms with Crippen molar-refractivity contribution in [2.45, 2.75) is 69.5 Å². The van der Waals surface area contributed by atoms with Crippen LogP contribution in [-0.2, 0) is 47.7 Å². The van der Waals surface area contributed by atoms with E-state index in [2.05, 4.69) is 16.0 Å². The third kappa shape index (κ3) is 16.6. The summed E-state index contributed by atoms with van der Waals surface area (Å²) in [6.45, 7) is 2.55. The number of nitrogens with one attached hydrogen (secondary N) is 3. The number of ether oxygens (including phenoxy) is 4. The van der Waals surface area contributed by atoms with Gasteiger partial charge >= 0.3 is 5.97 Å². The number of thioether (sulfide) groups is 1. The van der Waals surface area contributed by atoms with Gasteiger partial charge in [0.1, 0.15) is 6.61 Å². The minimum Gasteiger partial charge on any atom is -0.460 e. The lowest BCUT2D eigenvalue weighted by Gasteiger charge is -2.21. The molecule has 1 saturated heterocycles. The van der Waals surface area contributed by atoms with Crippen LogP contribution in [0.15, 0.2) is 0 Å². The van der Waals surface area contributed by atoms with Crippen molar-refractivity contribution in [3.63, 3.8) is 0 Å². The fourth-order valence-electron chi connectivity index (χ4n) is 3.73. The summed E-state index contributed by atoms with van der Waals surface area (Å²) in [7, 11) is 2.94. The average molecular weight is 635 g/mol. The van der Waals surface area contributed by atoms with Crippen LogP contribution in [0.5, 0.6) is 0 Å². The lowest BCUT2D eigenvalue weighted by molar-refractivity contribution is -0.194. The number of nitrogens with zero attached hydrogens (tertiary/aromatic N) is 1. The fraction of sp³-hybridized carbons (Fsp3) is 0.778. The van der Waals surface area contributed by atoms with E-state index >= 15 is 0 Å². The first-order valence-corrected chi connectivity index (χ1v) is 15.4. The first-order valence-electron chi connectivity index (χ1n) is 14.4. The highest BCUT2D eigenvalue weighted by Crippen LogP contribution is 2.25. The highest BCUT2D eigenvalue weighted by Gasteiger charge is 2.38. The molecule has 0 saturated carbocycles. The zero-order chi connectivity index (χ0) is 32.0. The van der Waals surface area contributed by atoms with E-state index in [4.69, 9.17) is 18.9 Å². The number of hydrogen-bond acceptors (Lipinski definition) is 12. The maximum absolute atomic E-state index is 12.6. The molecular formula is C27H46N4O11S. The highest BCUT2D eigenvalue weighted by molar-refractivity contribution is 8.00. The number of aliphatic hydroxyl groups excluding tert-OH is 1. The third-order valence-corrected chi connectivity index (χ3v) is 7.47. The molecule has 5 amide bonds.